The molecular weight excluding hydrogens is 320 g/mol. The first-order valence-corrected chi connectivity index (χ1v) is 7.64. The summed E-state index contributed by atoms with van der Waals surface area (Å²) >= 11 is 1.22. The lowest BCUT2D eigenvalue weighted by molar-refractivity contribution is 0.262. The van der Waals surface area contributed by atoms with E-state index in [1.54, 1.807) is 10.1 Å². The van der Waals surface area contributed by atoms with Crippen molar-refractivity contribution in [2.75, 3.05) is 0 Å². The van der Waals surface area contributed by atoms with E-state index in [-0.39, 0.29) is 24.1 Å². The number of tetrazole rings is 1. The van der Waals surface area contributed by atoms with Crippen LogP contribution < -0.4 is 10.4 Å². The summed E-state index contributed by atoms with van der Waals surface area (Å²) in [5.41, 5.74) is -0.245. The van der Waals surface area contributed by atoms with E-state index < -0.39 is 5.69 Å². The first kappa shape index (κ1) is 14.1. The van der Waals surface area contributed by atoms with E-state index in [9.17, 15) is 4.79 Å². The topological polar surface area (TPSA) is 106 Å². The molecule has 3 aromatic rings. The predicted molar refractivity (Wildman–Crippen MR) is 81.6 cm³/mol. The normalized spacial score (nSPS) is 12.4. The number of hydrogen-bond donors (Lipinski definition) is 0. The third-order valence-electron chi connectivity index (χ3n) is 3.00. The zero-order valence-corrected chi connectivity index (χ0v) is 13.9. The highest BCUT2D eigenvalue weighted by Gasteiger charge is 2.26. The summed E-state index contributed by atoms with van der Waals surface area (Å²) in [7, 11) is 1.50. The fourth-order valence-corrected chi connectivity index (χ4v) is 2.39. The molecule has 10 nitrogen and oxygen atoms in total. The molecule has 0 fully saturated rings. The summed E-state index contributed by atoms with van der Waals surface area (Å²) in [6.07, 6.45) is 0.142. The van der Waals surface area contributed by atoms with Crippen molar-refractivity contribution in [3.8, 4) is 11.0 Å². The van der Waals surface area contributed by atoms with E-state index in [0.717, 1.165) is 9.36 Å². The highest BCUT2D eigenvalue weighted by molar-refractivity contribution is 7.11. The van der Waals surface area contributed by atoms with Crippen LogP contribution in [0.5, 0.6) is 5.19 Å². The fourth-order valence-electron chi connectivity index (χ4n) is 1.95. The van der Waals surface area contributed by atoms with Gasteiger partial charge in [0.15, 0.2) is 0 Å². The Morgan fingerprint density at radius 1 is 1.35 bits per heavy atom. The third-order valence-corrected chi connectivity index (χ3v) is 3.64. The molecule has 0 N–H and O–H groups in total. The zero-order valence-electron chi connectivity index (χ0n) is 14.1. The van der Waals surface area contributed by atoms with Gasteiger partial charge >= 0.3 is 5.69 Å². The Kier molecular flexibility index (Phi) is 3.41. The van der Waals surface area contributed by atoms with Crippen LogP contribution in [0.3, 0.4) is 0 Å². The maximum absolute atomic E-state index is 12.1. The molecule has 23 heavy (non-hydrogen) atoms. The number of ether oxygens (including phenoxy) is 1. The van der Waals surface area contributed by atoms with E-state index in [2.05, 4.69) is 25.7 Å². The lowest BCUT2D eigenvalue weighted by Crippen LogP contribution is -2.28. The number of nitrogens with zero attached hydrogens (tertiary/aromatic N) is 8. The van der Waals surface area contributed by atoms with Gasteiger partial charge in [-0.25, -0.2) is 14.5 Å². The molecule has 3 aromatic heterocycles. The lowest BCUT2D eigenvalue weighted by Gasteiger charge is -2.21. The molecule has 0 unspecified atom stereocenters. The van der Waals surface area contributed by atoms with Crippen molar-refractivity contribution in [3.05, 3.63) is 27.7 Å². The van der Waals surface area contributed by atoms with Gasteiger partial charge in [0.25, 0.3) is 5.19 Å². The van der Waals surface area contributed by atoms with Gasteiger partial charge in [0.05, 0.1) is 6.91 Å². The molecule has 0 amide bonds. The molecule has 0 radical (unpaired) electrons. The molecule has 0 aliphatic heterocycles. The second-order valence-electron chi connectivity index (χ2n) is 5.77. The number of rotatable bonds is 4. The lowest BCUT2D eigenvalue weighted by atomic mass is 10.1. The molecule has 0 spiro atoms. The summed E-state index contributed by atoms with van der Waals surface area (Å²) < 4.78 is 16.9. The Bertz CT molecular complexity index is 918. The maximum atomic E-state index is 12.1. The second kappa shape index (κ2) is 5.57. The monoisotopic (exact) mass is 338 g/mol. The molecular formula is C12H16N8O2S. The Labute approximate surface area is 136 Å². The third kappa shape index (κ3) is 2.86. The van der Waals surface area contributed by atoms with Crippen LogP contribution in [0.4, 0.5) is 0 Å². The molecule has 0 aliphatic carbocycles. The summed E-state index contributed by atoms with van der Waals surface area (Å²) in [5.74, 6) is 0.255. The van der Waals surface area contributed by atoms with Gasteiger partial charge < -0.3 is 4.74 Å². The molecule has 0 aromatic carbocycles. The van der Waals surface area contributed by atoms with Crippen LogP contribution in [0, 0.1) is 0 Å². The summed E-state index contributed by atoms with van der Waals surface area (Å²) in [5, 5.41) is 17.6. The number of hydrogen-bond acceptors (Lipinski definition) is 8. The standard InChI is InChI=1S/C12H16N8O2S/c1-12(2,3)20-8(7-22-10-13-5-6-23-10)9(14-15-20)19-11(21)18(4)16-17-19/h5-6H,7H2,1-4H3/i5T. The summed E-state index contributed by atoms with van der Waals surface area (Å²) in [6, 6.07) is 0. The predicted octanol–water partition coefficient (Wildman–Crippen LogP) is 0.348. The molecule has 122 valence electrons. The van der Waals surface area contributed by atoms with Gasteiger partial charge in [-0.3, -0.25) is 0 Å². The van der Waals surface area contributed by atoms with Crippen LogP contribution >= 0.6 is 11.3 Å². The van der Waals surface area contributed by atoms with Crippen molar-refractivity contribution < 1.29 is 6.11 Å². The Morgan fingerprint density at radius 2 is 2.13 bits per heavy atom. The van der Waals surface area contributed by atoms with Crippen LogP contribution in [-0.2, 0) is 19.2 Å². The van der Waals surface area contributed by atoms with E-state index in [4.69, 9.17) is 6.11 Å². The van der Waals surface area contributed by atoms with Gasteiger partial charge in [0, 0.05) is 18.6 Å². The highest BCUT2D eigenvalue weighted by atomic mass is 32.1. The fraction of sp³-hybridized carbons (Fsp3) is 0.500. The van der Waals surface area contributed by atoms with Crippen molar-refractivity contribution in [2.45, 2.75) is 32.9 Å². The Morgan fingerprint density at radius 3 is 2.70 bits per heavy atom. The summed E-state index contributed by atoms with van der Waals surface area (Å²) in [6.45, 7) is 5.95. The molecule has 0 aliphatic rings. The van der Waals surface area contributed by atoms with E-state index in [0.29, 0.717) is 10.9 Å². The largest absolute Gasteiger partial charge is 0.463 e. The molecule has 3 rings (SSSR count). The molecule has 3 heterocycles. The van der Waals surface area contributed by atoms with Crippen LogP contribution in [-0.4, -0.2) is 39.8 Å². The highest BCUT2D eigenvalue weighted by Crippen LogP contribution is 2.22. The van der Waals surface area contributed by atoms with Crippen LogP contribution in [0.1, 0.15) is 27.8 Å². The van der Waals surface area contributed by atoms with Crippen molar-refractivity contribution in [1.29, 1.82) is 0 Å². The smallest absolute Gasteiger partial charge is 0.369 e. The quantitative estimate of drug-likeness (QED) is 0.675. The van der Waals surface area contributed by atoms with Crippen molar-refractivity contribution in [3.63, 3.8) is 0 Å². The zero-order chi connectivity index (χ0) is 17.5. The summed E-state index contributed by atoms with van der Waals surface area (Å²) in [4.78, 5) is 16.0. The van der Waals surface area contributed by atoms with Gasteiger partial charge in [-0.05, 0) is 31.2 Å². The van der Waals surface area contributed by atoms with Gasteiger partial charge in [0.2, 0.25) is 5.82 Å². The minimum Gasteiger partial charge on any atom is -0.463 e. The average Bonchev–Trinajstić information content (AvgIpc) is 3.17. The first-order chi connectivity index (χ1) is 11.3. The maximum Gasteiger partial charge on any atom is 0.369 e. The second-order valence-corrected chi connectivity index (χ2v) is 6.59. The minimum absolute atomic E-state index is 0.0789. The number of thiazole rings is 1. The minimum atomic E-state index is -0.431. The van der Waals surface area contributed by atoms with Gasteiger partial charge in [0.1, 0.15) is 12.3 Å². The van der Waals surface area contributed by atoms with Crippen LogP contribution in [0.2, 0.25) is 0 Å². The van der Waals surface area contributed by atoms with E-state index in [1.165, 1.54) is 18.4 Å². The number of aryl methyl sites for hydroxylation is 1. The van der Waals surface area contributed by atoms with Crippen LogP contribution in [0.15, 0.2) is 16.3 Å². The SMILES string of the molecule is [3H]c1csc(OCc2c(-n3nnn(C)c3=O)nnn2C(C)(C)C)n1. The molecule has 11 heteroatoms. The Hall–Kier alpha value is -2.56. The molecule has 0 saturated heterocycles. The first-order valence-electron chi connectivity index (χ1n) is 7.27. The van der Waals surface area contributed by atoms with Gasteiger partial charge in [-0.1, -0.05) is 16.6 Å². The van der Waals surface area contributed by atoms with Gasteiger partial charge in [-0.2, -0.15) is 4.68 Å². The molecule has 0 bridgehead atoms. The average molecular weight is 338 g/mol. The van der Waals surface area contributed by atoms with Crippen molar-refractivity contribution >= 4 is 11.3 Å². The van der Waals surface area contributed by atoms with Gasteiger partial charge in [-0.15, -0.1) is 9.78 Å². The number of aromatic nitrogens is 8. The molecule has 0 saturated carbocycles. The van der Waals surface area contributed by atoms with Crippen LogP contribution in [0.25, 0.3) is 5.82 Å². The van der Waals surface area contributed by atoms with Crippen molar-refractivity contribution in [2.24, 2.45) is 7.05 Å². The van der Waals surface area contributed by atoms with Crippen molar-refractivity contribution in [1.82, 2.24) is 39.8 Å². The molecule has 0 atom stereocenters. The Balaban J connectivity index is 2.02. The van der Waals surface area contributed by atoms with E-state index >= 15 is 0 Å². The van der Waals surface area contributed by atoms with E-state index in [1.807, 2.05) is 20.8 Å².